The van der Waals surface area contributed by atoms with Gasteiger partial charge in [0.05, 0.1) is 29.4 Å². The summed E-state index contributed by atoms with van der Waals surface area (Å²) in [4.78, 5) is 21.5. The van der Waals surface area contributed by atoms with E-state index < -0.39 is 6.10 Å². The number of piperazine rings is 1. The number of carbonyl (C=O) groups excluding carboxylic acids is 1. The van der Waals surface area contributed by atoms with Crippen LogP contribution < -0.4 is 5.32 Å². The Balaban J connectivity index is 1.37. The van der Waals surface area contributed by atoms with Gasteiger partial charge in [-0.15, -0.1) is 0 Å². The van der Waals surface area contributed by atoms with Gasteiger partial charge < -0.3 is 15.2 Å². The molecule has 1 atom stereocenters. The van der Waals surface area contributed by atoms with Gasteiger partial charge in [0.25, 0.3) is 5.91 Å². The molecule has 1 aromatic carbocycles. The van der Waals surface area contributed by atoms with Crippen LogP contribution >= 0.6 is 0 Å². The van der Waals surface area contributed by atoms with Crippen molar-refractivity contribution in [2.24, 2.45) is 0 Å². The first kappa shape index (κ1) is 22.6. The summed E-state index contributed by atoms with van der Waals surface area (Å²) >= 11 is 0. The van der Waals surface area contributed by atoms with E-state index in [1.165, 1.54) is 0 Å². The number of hydrogen-bond acceptors (Lipinski definition) is 6. The normalized spacial score (nSPS) is 17.2. The predicted molar refractivity (Wildman–Crippen MR) is 119 cm³/mol. The highest BCUT2D eigenvalue weighted by Gasteiger charge is 2.21. The molecule has 1 amide bonds. The number of aliphatic hydroxyl groups is 1. The number of pyridine rings is 1. The molecule has 0 saturated carbocycles. The van der Waals surface area contributed by atoms with E-state index in [-0.39, 0.29) is 11.5 Å². The Hall–Kier alpha value is -2.06. The summed E-state index contributed by atoms with van der Waals surface area (Å²) in [7, 11) is 0. The van der Waals surface area contributed by atoms with Crippen LogP contribution in [0.5, 0.6) is 0 Å². The zero-order valence-electron chi connectivity index (χ0n) is 18.3. The molecule has 0 bridgehead atoms. The molecule has 3 rings (SSSR count). The molecule has 2 N–H and O–H groups in total. The molecule has 1 aliphatic rings. The summed E-state index contributed by atoms with van der Waals surface area (Å²) in [6.07, 6.45) is 1.21. The molecule has 7 heteroatoms. The standard InChI is InChI=1S/C23H34N4O3/c1-23(2,3)30-17-18(28)16-27-14-12-26(13-15-27)11-10-25-22(29)20-8-9-24-21-7-5-4-6-19(20)21/h4-9,18,28H,10-17H2,1-3H3,(H,25,29)/t18-/m1/s1. The summed E-state index contributed by atoms with van der Waals surface area (Å²) in [5.41, 5.74) is 1.26. The number of benzene rings is 1. The SMILES string of the molecule is CC(C)(C)OC[C@H](O)CN1CCN(CCNC(=O)c2ccnc3ccccc23)CC1. The van der Waals surface area contributed by atoms with E-state index in [4.69, 9.17) is 4.74 Å². The van der Waals surface area contributed by atoms with Crippen molar-refractivity contribution in [2.75, 3.05) is 52.4 Å². The Bertz CT molecular complexity index is 823. The van der Waals surface area contributed by atoms with Crippen LogP contribution in [0.2, 0.25) is 0 Å². The number of para-hydroxylation sites is 1. The highest BCUT2D eigenvalue weighted by molar-refractivity contribution is 6.05. The number of amides is 1. The smallest absolute Gasteiger partial charge is 0.252 e. The van der Waals surface area contributed by atoms with E-state index in [1.54, 1.807) is 12.3 Å². The van der Waals surface area contributed by atoms with Crippen LogP contribution in [0.25, 0.3) is 10.9 Å². The van der Waals surface area contributed by atoms with E-state index in [9.17, 15) is 9.90 Å². The van der Waals surface area contributed by atoms with Gasteiger partial charge in [-0.25, -0.2) is 0 Å². The number of aromatic nitrogens is 1. The fourth-order valence-electron chi connectivity index (χ4n) is 3.61. The number of aliphatic hydroxyl groups excluding tert-OH is 1. The second-order valence-corrected chi connectivity index (χ2v) is 8.85. The highest BCUT2D eigenvalue weighted by atomic mass is 16.5. The van der Waals surface area contributed by atoms with Gasteiger partial charge in [-0.1, -0.05) is 18.2 Å². The lowest BCUT2D eigenvalue weighted by Crippen LogP contribution is -2.50. The topological polar surface area (TPSA) is 77.9 Å². The Kier molecular flexibility index (Phi) is 7.77. The molecule has 2 heterocycles. The van der Waals surface area contributed by atoms with Crippen molar-refractivity contribution in [3.8, 4) is 0 Å². The number of rotatable bonds is 8. The maximum absolute atomic E-state index is 12.6. The maximum Gasteiger partial charge on any atom is 0.252 e. The summed E-state index contributed by atoms with van der Waals surface area (Å²) in [6, 6.07) is 9.46. The first-order valence-electron chi connectivity index (χ1n) is 10.7. The molecule has 0 unspecified atom stereocenters. The molecule has 0 radical (unpaired) electrons. The lowest BCUT2D eigenvalue weighted by Gasteiger charge is -2.35. The Morgan fingerprint density at radius 2 is 1.87 bits per heavy atom. The third kappa shape index (κ3) is 6.74. The van der Waals surface area contributed by atoms with Crippen LogP contribution in [0, 0.1) is 0 Å². The van der Waals surface area contributed by atoms with Crippen LogP contribution in [0.4, 0.5) is 0 Å². The predicted octanol–water partition coefficient (Wildman–Crippen LogP) is 1.76. The minimum Gasteiger partial charge on any atom is -0.389 e. The van der Waals surface area contributed by atoms with E-state index in [2.05, 4.69) is 20.1 Å². The van der Waals surface area contributed by atoms with E-state index in [1.807, 2.05) is 45.0 Å². The van der Waals surface area contributed by atoms with Crippen LogP contribution in [-0.4, -0.2) is 89.9 Å². The molecule has 164 valence electrons. The Morgan fingerprint density at radius 1 is 1.17 bits per heavy atom. The summed E-state index contributed by atoms with van der Waals surface area (Å²) < 4.78 is 5.66. The molecule has 2 aromatic rings. The average molecular weight is 415 g/mol. The molecular formula is C23H34N4O3. The van der Waals surface area contributed by atoms with Gasteiger partial charge in [-0.2, -0.15) is 0 Å². The molecule has 1 saturated heterocycles. The summed E-state index contributed by atoms with van der Waals surface area (Å²) in [5.74, 6) is -0.0609. The number of nitrogens with zero attached hydrogens (tertiary/aromatic N) is 3. The quantitative estimate of drug-likeness (QED) is 0.685. The zero-order valence-corrected chi connectivity index (χ0v) is 18.3. The van der Waals surface area contributed by atoms with Gasteiger partial charge in [0.15, 0.2) is 0 Å². The van der Waals surface area contributed by atoms with E-state index in [0.717, 1.165) is 43.6 Å². The average Bonchev–Trinajstić information content (AvgIpc) is 2.72. The molecule has 0 spiro atoms. The Morgan fingerprint density at radius 3 is 2.60 bits per heavy atom. The number of hydrogen-bond donors (Lipinski definition) is 2. The van der Waals surface area contributed by atoms with Gasteiger partial charge in [0.1, 0.15) is 0 Å². The molecule has 0 aliphatic carbocycles. The monoisotopic (exact) mass is 414 g/mol. The van der Waals surface area contributed by atoms with E-state index >= 15 is 0 Å². The third-order valence-electron chi connectivity index (χ3n) is 5.25. The van der Waals surface area contributed by atoms with Crippen molar-refractivity contribution >= 4 is 16.8 Å². The number of carbonyl (C=O) groups is 1. The fraction of sp³-hybridized carbons (Fsp3) is 0.565. The zero-order chi connectivity index (χ0) is 21.6. The molecule has 30 heavy (non-hydrogen) atoms. The molecule has 1 aliphatic heterocycles. The van der Waals surface area contributed by atoms with Gasteiger partial charge >= 0.3 is 0 Å². The lowest BCUT2D eigenvalue weighted by molar-refractivity contribution is -0.0585. The Labute approximate surface area is 179 Å². The van der Waals surface area contributed by atoms with Crippen molar-refractivity contribution in [1.82, 2.24) is 20.1 Å². The largest absolute Gasteiger partial charge is 0.389 e. The molecule has 1 aromatic heterocycles. The second kappa shape index (κ2) is 10.3. The van der Waals surface area contributed by atoms with Gasteiger partial charge in [0.2, 0.25) is 0 Å². The minimum absolute atomic E-state index is 0.0609. The fourth-order valence-corrected chi connectivity index (χ4v) is 3.61. The van der Waals surface area contributed by atoms with Crippen LogP contribution in [0.3, 0.4) is 0 Å². The lowest BCUT2D eigenvalue weighted by atomic mass is 10.1. The molecular weight excluding hydrogens is 380 g/mol. The first-order chi connectivity index (χ1) is 14.3. The van der Waals surface area contributed by atoms with Crippen molar-refractivity contribution in [1.29, 1.82) is 0 Å². The molecule has 7 nitrogen and oxygen atoms in total. The first-order valence-corrected chi connectivity index (χ1v) is 10.7. The summed E-state index contributed by atoms with van der Waals surface area (Å²) in [6.45, 7) is 12.1. The van der Waals surface area contributed by atoms with Gasteiger partial charge in [-0.3, -0.25) is 19.6 Å². The van der Waals surface area contributed by atoms with Crippen molar-refractivity contribution < 1.29 is 14.6 Å². The maximum atomic E-state index is 12.6. The third-order valence-corrected chi connectivity index (χ3v) is 5.25. The second-order valence-electron chi connectivity index (χ2n) is 8.85. The van der Waals surface area contributed by atoms with Crippen LogP contribution in [-0.2, 0) is 4.74 Å². The number of β-amino-alcohol motifs (C(OH)–C–C–N with tert-alkyl or cyclic N) is 1. The van der Waals surface area contributed by atoms with Gasteiger partial charge in [0, 0.05) is 57.4 Å². The molecule has 1 fully saturated rings. The van der Waals surface area contributed by atoms with Crippen LogP contribution in [0.15, 0.2) is 36.5 Å². The van der Waals surface area contributed by atoms with E-state index in [0.29, 0.717) is 25.3 Å². The number of fused-ring (bicyclic) bond motifs is 1. The van der Waals surface area contributed by atoms with Crippen molar-refractivity contribution in [3.05, 3.63) is 42.1 Å². The number of nitrogens with one attached hydrogen (secondary N) is 1. The van der Waals surface area contributed by atoms with Crippen molar-refractivity contribution in [2.45, 2.75) is 32.5 Å². The summed E-state index contributed by atoms with van der Waals surface area (Å²) in [5, 5.41) is 14.1. The minimum atomic E-state index is -0.467. The number of ether oxygens (including phenoxy) is 1. The van der Waals surface area contributed by atoms with Crippen LogP contribution in [0.1, 0.15) is 31.1 Å². The van der Waals surface area contributed by atoms with Crippen molar-refractivity contribution in [3.63, 3.8) is 0 Å². The highest BCUT2D eigenvalue weighted by Crippen LogP contribution is 2.16. The van der Waals surface area contributed by atoms with Gasteiger partial charge in [-0.05, 0) is 32.9 Å².